The zero-order chi connectivity index (χ0) is 14.2. The van der Waals surface area contributed by atoms with E-state index in [0.29, 0.717) is 23.8 Å². The molecule has 5 nitrogen and oxygen atoms in total. The normalized spacial score (nSPS) is 13.1. The lowest BCUT2D eigenvalue weighted by atomic mass is 10.1. The van der Waals surface area contributed by atoms with E-state index in [9.17, 15) is 4.39 Å². The smallest absolute Gasteiger partial charge is 0.213 e. The minimum Gasteiger partial charge on any atom is -0.282 e. The third-order valence-electron chi connectivity index (χ3n) is 3.37. The summed E-state index contributed by atoms with van der Waals surface area (Å²) in [7, 11) is 0. The summed E-state index contributed by atoms with van der Waals surface area (Å²) >= 11 is 0. The van der Waals surface area contributed by atoms with Crippen LogP contribution < -0.4 is 0 Å². The molecule has 102 valence electrons. The zero-order valence-corrected chi connectivity index (χ0v) is 10.9. The zero-order valence-electron chi connectivity index (χ0n) is 10.9. The van der Waals surface area contributed by atoms with Crippen LogP contribution in [-0.2, 0) is 6.54 Å². The van der Waals surface area contributed by atoms with Gasteiger partial charge < -0.3 is 0 Å². The average molecular weight is 279 g/mol. The highest BCUT2D eigenvalue weighted by Gasteiger charge is 2.21. The van der Waals surface area contributed by atoms with Crippen LogP contribution in [0.15, 0.2) is 53.8 Å². The molecule has 3 aromatic rings. The number of nitrogens with zero attached hydrogens (tertiary/aromatic N) is 5. The van der Waals surface area contributed by atoms with Crippen molar-refractivity contribution in [3.05, 3.63) is 71.8 Å². The molecule has 1 aliphatic rings. The van der Waals surface area contributed by atoms with Gasteiger partial charge in [-0.15, -0.1) is 10.2 Å². The van der Waals surface area contributed by atoms with Crippen molar-refractivity contribution in [2.24, 2.45) is 4.99 Å². The summed E-state index contributed by atoms with van der Waals surface area (Å²) in [5.74, 6) is 0.171. The Hall–Kier alpha value is -2.89. The maximum absolute atomic E-state index is 13.6. The van der Waals surface area contributed by atoms with Gasteiger partial charge in [0.2, 0.25) is 5.95 Å². The van der Waals surface area contributed by atoms with Gasteiger partial charge >= 0.3 is 0 Å². The lowest BCUT2D eigenvalue weighted by Crippen LogP contribution is -2.10. The van der Waals surface area contributed by atoms with Crippen molar-refractivity contribution in [3.63, 3.8) is 0 Å². The molecule has 0 aliphatic carbocycles. The first-order valence-corrected chi connectivity index (χ1v) is 6.49. The number of halogens is 1. The highest BCUT2D eigenvalue weighted by Crippen LogP contribution is 2.22. The first-order valence-electron chi connectivity index (χ1n) is 6.49. The summed E-state index contributed by atoms with van der Waals surface area (Å²) in [6.45, 7) is 0.377. The minimum absolute atomic E-state index is 0.377. The molecule has 0 amide bonds. The number of fused-ring (bicyclic) bond motifs is 3. The van der Waals surface area contributed by atoms with Gasteiger partial charge in [0.15, 0.2) is 5.82 Å². The number of aliphatic imine (C=N–C) groups is 1. The van der Waals surface area contributed by atoms with E-state index in [-0.39, 0.29) is 0 Å². The predicted octanol–water partition coefficient (Wildman–Crippen LogP) is 2.15. The summed E-state index contributed by atoms with van der Waals surface area (Å²) in [6, 6.07) is 12.6. The third-order valence-corrected chi connectivity index (χ3v) is 3.37. The second-order valence-electron chi connectivity index (χ2n) is 4.65. The van der Waals surface area contributed by atoms with Gasteiger partial charge in [-0.1, -0.05) is 30.3 Å². The minimum atomic E-state index is -0.533. The van der Waals surface area contributed by atoms with Crippen LogP contribution in [0.3, 0.4) is 0 Å². The number of hydrogen-bond donors (Lipinski definition) is 0. The van der Waals surface area contributed by atoms with Crippen molar-refractivity contribution in [1.29, 1.82) is 0 Å². The molecule has 0 radical (unpaired) electrons. The van der Waals surface area contributed by atoms with Gasteiger partial charge in [-0.25, -0.2) is 4.98 Å². The SMILES string of the molecule is Fc1ccc2c(n1)C(c1ccccc1)=NCc1nncn1-2. The molecule has 0 bridgehead atoms. The first kappa shape index (κ1) is 11.9. The van der Waals surface area contributed by atoms with Crippen LogP contribution in [0, 0.1) is 5.95 Å². The molecule has 0 saturated heterocycles. The first-order chi connectivity index (χ1) is 10.3. The maximum atomic E-state index is 13.6. The van der Waals surface area contributed by atoms with E-state index in [2.05, 4.69) is 20.2 Å². The summed E-state index contributed by atoms with van der Waals surface area (Å²) in [6.07, 6.45) is 1.59. The van der Waals surface area contributed by atoms with Crippen LogP contribution in [0.5, 0.6) is 0 Å². The van der Waals surface area contributed by atoms with E-state index < -0.39 is 5.95 Å². The predicted molar refractivity (Wildman–Crippen MR) is 74.9 cm³/mol. The molecular weight excluding hydrogens is 269 g/mol. The van der Waals surface area contributed by atoms with Gasteiger partial charge in [0.05, 0.1) is 11.4 Å². The number of benzene rings is 1. The molecule has 0 spiro atoms. The highest BCUT2D eigenvalue weighted by atomic mass is 19.1. The average Bonchev–Trinajstić information content (AvgIpc) is 2.92. The van der Waals surface area contributed by atoms with Crippen molar-refractivity contribution >= 4 is 5.71 Å². The van der Waals surface area contributed by atoms with Crippen molar-refractivity contribution in [3.8, 4) is 5.69 Å². The molecular formula is C15H10FN5. The molecule has 21 heavy (non-hydrogen) atoms. The summed E-state index contributed by atoms with van der Waals surface area (Å²) in [5.41, 5.74) is 2.79. The number of aromatic nitrogens is 4. The largest absolute Gasteiger partial charge is 0.282 e. The lowest BCUT2D eigenvalue weighted by molar-refractivity contribution is 0.582. The summed E-state index contributed by atoms with van der Waals surface area (Å²) < 4.78 is 15.4. The van der Waals surface area contributed by atoms with Crippen molar-refractivity contribution < 1.29 is 4.39 Å². The van der Waals surface area contributed by atoms with Gasteiger partial charge in [0.1, 0.15) is 18.6 Å². The summed E-state index contributed by atoms with van der Waals surface area (Å²) in [5, 5.41) is 7.94. The van der Waals surface area contributed by atoms with Crippen LogP contribution in [0.4, 0.5) is 4.39 Å². The Labute approximate surface area is 119 Å². The molecule has 4 rings (SSSR count). The maximum Gasteiger partial charge on any atom is 0.213 e. The van der Waals surface area contributed by atoms with Crippen LogP contribution in [0.25, 0.3) is 5.69 Å². The van der Waals surface area contributed by atoms with E-state index in [0.717, 1.165) is 11.3 Å². The molecule has 6 heteroatoms. The van der Waals surface area contributed by atoms with Gasteiger partial charge in [-0.2, -0.15) is 4.39 Å². The molecule has 0 saturated carbocycles. The fraction of sp³-hybridized carbons (Fsp3) is 0.0667. The molecule has 0 N–H and O–H groups in total. The van der Waals surface area contributed by atoms with Gasteiger partial charge in [0.25, 0.3) is 0 Å². The van der Waals surface area contributed by atoms with E-state index >= 15 is 0 Å². The topological polar surface area (TPSA) is 56.0 Å². The van der Waals surface area contributed by atoms with Crippen LogP contribution in [-0.4, -0.2) is 25.5 Å². The van der Waals surface area contributed by atoms with Gasteiger partial charge in [-0.05, 0) is 12.1 Å². The second kappa shape index (κ2) is 4.59. The fourth-order valence-electron chi connectivity index (χ4n) is 2.41. The summed E-state index contributed by atoms with van der Waals surface area (Å²) in [4.78, 5) is 8.59. The van der Waals surface area contributed by atoms with E-state index in [1.54, 1.807) is 17.0 Å². The lowest BCUT2D eigenvalue weighted by Gasteiger charge is -2.09. The molecule has 0 unspecified atom stereocenters. The van der Waals surface area contributed by atoms with Crippen LogP contribution in [0.2, 0.25) is 0 Å². The van der Waals surface area contributed by atoms with Crippen molar-refractivity contribution in [2.45, 2.75) is 6.54 Å². The Morgan fingerprint density at radius 3 is 2.76 bits per heavy atom. The Balaban J connectivity index is 2.00. The van der Waals surface area contributed by atoms with Gasteiger partial charge in [-0.3, -0.25) is 9.56 Å². The van der Waals surface area contributed by atoms with Crippen LogP contribution in [0.1, 0.15) is 17.1 Å². The van der Waals surface area contributed by atoms with Crippen LogP contribution >= 0.6 is 0 Å². The molecule has 1 aliphatic heterocycles. The second-order valence-corrected chi connectivity index (χ2v) is 4.65. The number of pyridine rings is 1. The molecule has 1 aromatic carbocycles. The number of rotatable bonds is 1. The Kier molecular flexibility index (Phi) is 2.60. The fourth-order valence-corrected chi connectivity index (χ4v) is 2.41. The van der Waals surface area contributed by atoms with E-state index in [4.69, 9.17) is 0 Å². The molecule has 0 fully saturated rings. The van der Waals surface area contributed by atoms with Gasteiger partial charge in [0, 0.05) is 5.56 Å². The molecule has 0 atom stereocenters. The highest BCUT2D eigenvalue weighted by molar-refractivity contribution is 6.13. The molecule has 3 heterocycles. The van der Waals surface area contributed by atoms with Crippen molar-refractivity contribution in [2.75, 3.05) is 0 Å². The van der Waals surface area contributed by atoms with Crippen molar-refractivity contribution in [1.82, 2.24) is 19.7 Å². The Morgan fingerprint density at radius 2 is 1.90 bits per heavy atom. The standard InChI is InChI=1S/C15H10FN5/c16-12-7-6-11-15(19-12)14(10-4-2-1-3-5-10)17-8-13-20-18-9-21(11)13/h1-7,9H,8H2. The van der Waals surface area contributed by atoms with E-state index in [1.165, 1.54) is 6.07 Å². The van der Waals surface area contributed by atoms with E-state index in [1.807, 2.05) is 30.3 Å². The number of hydrogen-bond acceptors (Lipinski definition) is 4. The third kappa shape index (κ3) is 1.92. The molecule has 2 aromatic heterocycles. The quantitative estimate of drug-likeness (QED) is 0.641. The monoisotopic (exact) mass is 279 g/mol. The Morgan fingerprint density at radius 1 is 1.05 bits per heavy atom. The Bertz CT molecular complexity index is 838.